The minimum absolute atomic E-state index is 0.326. The molecule has 0 fully saturated rings. The molecule has 2 aromatic carbocycles. The summed E-state index contributed by atoms with van der Waals surface area (Å²) in [4.78, 5) is 4.38. The van der Waals surface area contributed by atoms with E-state index >= 15 is 0 Å². The van der Waals surface area contributed by atoms with Crippen LogP contribution in [-0.4, -0.2) is 33.5 Å². The van der Waals surface area contributed by atoms with Gasteiger partial charge in [0.25, 0.3) is 0 Å². The van der Waals surface area contributed by atoms with Gasteiger partial charge < -0.3 is 20.1 Å². The molecule has 0 spiro atoms. The van der Waals surface area contributed by atoms with Gasteiger partial charge in [-0.05, 0) is 72.0 Å². The fraction of sp³-hybridized carbons (Fsp3) is 0.222. The first-order valence-electron chi connectivity index (χ1n) is 10.7. The van der Waals surface area contributed by atoms with E-state index in [1.807, 2.05) is 12.1 Å². The summed E-state index contributed by atoms with van der Waals surface area (Å²) in [6.07, 6.45) is 3.95. The van der Waals surface area contributed by atoms with Gasteiger partial charge in [0.15, 0.2) is 11.6 Å². The van der Waals surface area contributed by atoms with Gasteiger partial charge in [-0.3, -0.25) is 4.98 Å². The number of hydrogen-bond donors (Lipinski definition) is 3. The Bertz CT molecular complexity index is 1080. The molecule has 3 N–H and O–H groups in total. The molecule has 3 rings (SSSR count). The Hall–Kier alpha value is -3.48. The first kappa shape index (κ1) is 24.2. The molecule has 3 atom stereocenters. The summed E-state index contributed by atoms with van der Waals surface area (Å²) in [5, 5.41) is 31.2. The van der Waals surface area contributed by atoms with Gasteiger partial charge in [-0.25, -0.2) is 4.39 Å². The maximum atomic E-state index is 13.8. The number of aliphatic hydroxyl groups is 2. The lowest BCUT2D eigenvalue weighted by molar-refractivity contribution is 0.0325. The van der Waals surface area contributed by atoms with Gasteiger partial charge >= 0.3 is 0 Å². The van der Waals surface area contributed by atoms with E-state index in [4.69, 9.17) is 4.74 Å². The molecule has 3 aromatic rings. The Labute approximate surface area is 193 Å². The van der Waals surface area contributed by atoms with Gasteiger partial charge in [-0.2, -0.15) is 0 Å². The van der Waals surface area contributed by atoms with Crippen molar-refractivity contribution >= 4 is 11.6 Å². The normalized spacial score (nSPS) is 14.4. The fourth-order valence-electron chi connectivity index (χ4n) is 3.66. The molecule has 0 saturated heterocycles. The number of aliphatic hydroxyl groups excluding tert-OH is 2. The van der Waals surface area contributed by atoms with Crippen LogP contribution in [0.25, 0.3) is 11.6 Å². The molecule has 0 aliphatic carbocycles. The fourth-order valence-corrected chi connectivity index (χ4v) is 3.66. The van der Waals surface area contributed by atoms with E-state index in [-0.39, 0.29) is 0 Å². The maximum Gasteiger partial charge on any atom is 0.165 e. The van der Waals surface area contributed by atoms with Crippen LogP contribution in [0.1, 0.15) is 35.8 Å². The highest BCUT2D eigenvalue weighted by Gasteiger charge is 2.26. The molecule has 0 bridgehead atoms. The summed E-state index contributed by atoms with van der Waals surface area (Å²) in [5.74, 6) is -1.03. The van der Waals surface area contributed by atoms with E-state index in [1.54, 1.807) is 61.9 Å². The molecule has 0 saturated carbocycles. The van der Waals surface area contributed by atoms with Crippen molar-refractivity contribution in [2.24, 2.45) is 5.92 Å². The standard InChI is InChI=1S/C27H28FNO4/c1-3-22(27(32)19-8-11-21(33-2)12-9-19)25(30)14-10-20(24-6-4-5-15-29-24)16-18-7-13-26(31)23(28)17-18/h3-9,11-13,15-17,22,25,27,30-32H,1,10,14H2,2H3/b20-16-/t22-,25-,27-/m1/s1. The number of benzene rings is 2. The number of rotatable bonds is 10. The number of aromatic nitrogens is 1. The topological polar surface area (TPSA) is 82.8 Å². The van der Waals surface area contributed by atoms with E-state index in [0.717, 1.165) is 5.57 Å². The van der Waals surface area contributed by atoms with Crippen molar-refractivity contribution in [2.45, 2.75) is 25.0 Å². The Morgan fingerprint density at radius 1 is 1.12 bits per heavy atom. The van der Waals surface area contributed by atoms with Crippen LogP contribution in [0, 0.1) is 11.7 Å². The van der Waals surface area contributed by atoms with Gasteiger partial charge in [-0.15, -0.1) is 6.58 Å². The third-order valence-corrected chi connectivity index (χ3v) is 5.55. The third-order valence-electron chi connectivity index (χ3n) is 5.55. The molecule has 172 valence electrons. The highest BCUT2D eigenvalue weighted by Crippen LogP contribution is 2.31. The molecule has 0 aliphatic rings. The van der Waals surface area contributed by atoms with Gasteiger partial charge in [0.05, 0.1) is 25.0 Å². The largest absolute Gasteiger partial charge is 0.505 e. The van der Waals surface area contributed by atoms with Crippen molar-refractivity contribution in [2.75, 3.05) is 7.11 Å². The number of phenolic OH excluding ortho intramolecular Hbond substituents is 1. The number of halogens is 1. The Morgan fingerprint density at radius 2 is 1.88 bits per heavy atom. The average molecular weight is 450 g/mol. The highest BCUT2D eigenvalue weighted by molar-refractivity contribution is 5.80. The van der Waals surface area contributed by atoms with Gasteiger partial charge in [-0.1, -0.05) is 30.3 Å². The van der Waals surface area contributed by atoms with Crippen LogP contribution in [-0.2, 0) is 0 Å². The Balaban J connectivity index is 1.78. The predicted molar refractivity (Wildman–Crippen MR) is 127 cm³/mol. The minimum atomic E-state index is -0.933. The van der Waals surface area contributed by atoms with Crippen LogP contribution in [0.3, 0.4) is 0 Å². The van der Waals surface area contributed by atoms with Gasteiger partial charge in [0.2, 0.25) is 0 Å². The summed E-state index contributed by atoms with van der Waals surface area (Å²) in [7, 11) is 1.57. The van der Waals surface area contributed by atoms with Crippen molar-refractivity contribution in [3.05, 3.63) is 102 Å². The van der Waals surface area contributed by atoms with Crippen molar-refractivity contribution in [3.63, 3.8) is 0 Å². The number of methoxy groups -OCH3 is 1. The molecular weight excluding hydrogens is 421 g/mol. The second-order valence-corrected chi connectivity index (χ2v) is 7.73. The molecule has 5 nitrogen and oxygen atoms in total. The first-order chi connectivity index (χ1) is 15.9. The second kappa shape index (κ2) is 11.4. The number of hydrogen-bond acceptors (Lipinski definition) is 5. The minimum Gasteiger partial charge on any atom is -0.505 e. The molecule has 0 radical (unpaired) electrons. The zero-order chi connectivity index (χ0) is 23.8. The summed E-state index contributed by atoms with van der Waals surface area (Å²) >= 11 is 0. The van der Waals surface area contributed by atoms with Crippen molar-refractivity contribution in [1.29, 1.82) is 0 Å². The van der Waals surface area contributed by atoms with E-state index in [0.29, 0.717) is 35.4 Å². The molecule has 0 unspecified atom stereocenters. The maximum absolute atomic E-state index is 13.8. The van der Waals surface area contributed by atoms with Crippen molar-refractivity contribution in [3.8, 4) is 11.5 Å². The predicted octanol–water partition coefficient (Wildman–Crippen LogP) is 5.15. The number of nitrogens with zero attached hydrogens (tertiary/aromatic N) is 1. The molecule has 0 aliphatic heterocycles. The van der Waals surface area contributed by atoms with Crippen molar-refractivity contribution in [1.82, 2.24) is 4.98 Å². The van der Waals surface area contributed by atoms with Gasteiger partial charge in [0, 0.05) is 12.1 Å². The molecule has 6 heteroatoms. The number of phenols is 1. The zero-order valence-corrected chi connectivity index (χ0v) is 18.4. The molecular formula is C27H28FNO4. The summed E-state index contributed by atoms with van der Waals surface area (Å²) in [6, 6.07) is 16.7. The number of ether oxygens (including phenoxy) is 1. The van der Waals surface area contributed by atoms with E-state index in [1.165, 1.54) is 12.1 Å². The molecule has 33 heavy (non-hydrogen) atoms. The lowest BCUT2D eigenvalue weighted by Crippen LogP contribution is -2.25. The Morgan fingerprint density at radius 3 is 2.48 bits per heavy atom. The van der Waals surface area contributed by atoms with Crippen molar-refractivity contribution < 1.29 is 24.4 Å². The second-order valence-electron chi connectivity index (χ2n) is 7.73. The lowest BCUT2D eigenvalue weighted by atomic mass is 9.87. The van der Waals surface area contributed by atoms with E-state index < -0.39 is 29.7 Å². The quantitative estimate of drug-likeness (QED) is 0.373. The first-order valence-corrected chi connectivity index (χ1v) is 10.7. The van der Waals surface area contributed by atoms with Crippen LogP contribution in [0.15, 0.2) is 79.5 Å². The number of allylic oxidation sites excluding steroid dienone is 1. The Kier molecular flexibility index (Phi) is 8.35. The smallest absolute Gasteiger partial charge is 0.165 e. The average Bonchev–Trinajstić information content (AvgIpc) is 2.84. The number of aromatic hydroxyl groups is 1. The molecule has 1 heterocycles. The summed E-state index contributed by atoms with van der Waals surface area (Å²) < 4.78 is 19.0. The van der Waals surface area contributed by atoms with Crippen LogP contribution >= 0.6 is 0 Å². The van der Waals surface area contributed by atoms with E-state index in [9.17, 15) is 19.7 Å². The summed E-state index contributed by atoms with van der Waals surface area (Å²) in [6.45, 7) is 3.80. The third kappa shape index (κ3) is 6.28. The monoisotopic (exact) mass is 449 g/mol. The van der Waals surface area contributed by atoms with Crippen LogP contribution in [0.4, 0.5) is 4.39 Å². The molecule has 0 amide bonds. The summed E-state index contributed by atoms with van der Waals surface area (Å²) in [5.41, 5.74) is 2.71. The zero-order valence-electron chi connectivity index (χ0n) is 18.4. The van der Waals surface area contributed by atoms with Crippen LogP contribution in [0.2, 0.25) is 0 Å². The van der Waals surface area contributed by atoms with Gasteiger partial charge in [0.1, 0.15) is 5.75 Å². The van der Waals surface area contributed by atoms with E-state index in [2.05, 4.69) is 11.6 Å². The molecule has 1 aromatic heterocycles. The number of pyridine rings is 1. The highest BCUT2D eigenvalue weighted by atomic mass is 19.1. The van der Waals surface area contributed by atoms with Crippen LogP contribution < -0.4 is 4.74 Å². The SMILES string of the molecule is C=C[C@H]([C@H](O)CC/C(=C/c1ccc(O)c(F)c1)c1ccccn1)[C@H](O)c1ccc(OC)cc1. The van der Waals surface area contributed by atoms with Crippen LogP contribution in [0.5, 0.6) is 11.5 Å². The lowest BCUT2D eigenvalue weighted by Gasteiger charge is -2.25.